The lowest BCUT2D eigenvalue weighted by Crippen LogP contribution is -2.48. The molecule has 4 heterocycles. The number of aromatic nitrogens is 1. The molecular formula is C16H23N5O2. The molecule has 2 bridgehead atoms. The second kappa shape index (κ2) is 6.06. The lowest BCUT2D eigenvalue weighted by Gasteiger charge is -2.36. The molecule has 7 heteroatoms. The molecular weight excluding hydrogens is 294 g/mol. The molecule has 0 unspecified atom stereocenters. The first-order chi connectivity index (χ1) is 11.0. The maximum absolute atomic E-state index is 12.8. The first-order valence-electron chi connectivity index (χ1n) is 7.94. The van der Waals surface area contributed by atoms with Gasteiger partial charge in [-0.3, -0.25) is 4.79 Å². The Bertz CT molecular complexity index is 601. The number of nitrogens with zero attached hydrogens (tertiary/aromatic N) is 4. The van der Waals surface area contributed by atoms with Crippen LogP contribution in [0.3, 0.4) is 0 Å². The highest BCUT2D eigenvalue weighted by atomic mass is 16.2. The van der Waals surface area contributed by atoms with E-state index in [4.69, 9.17) is 5.73 Å². The van der Waals surface area contributed by atoms with Crippen molar-refractivity contribution in [1.82, 2.24) is 19.7 Å². The van der Waals surface area contributed by atoms with Crippen LogP contribution in [-0.4, -0.2) is 71.4 Å². The number of urea groups is 1. The van der Waals surface area contributed by atoms with Crippen LogP contribution < -0.4 is 5.73 Å². The molecule has 1 aromatic heterocycles. The predicted molar refractivity (Wildman–Crippen MR) is 86.9 cm³/mol. The molecule has 3 aliphatic heterocycles. The molecule has 124 valence electrons. The summed E-state index contributed by atoms with van der Waals surface area (Å²) in [4.78, 5) is 34.5. The van der Waals surface area contributed by atoms with Crippen LogP contribution in [0.2, 0.25) is 0 Å². The molecule has 3 amide bonds. The fraction of sp³-hybridized carbons (Fsp3) is 0.562. The minimum atomic E-state index is -0.0219. The third kappa shape index (κ3) is 3.09. The van der Waals surface area contributed by atoms with Crippen molar-refractivity contribution in [2.24, 2.45) is 5.92 Å². The topological polar surface area (TPSA) is 82.8 Å². The highest BCUT2D eigenvalue weighted by molar-refractivity contribution is 5.94. The number of hydrogen-bond donors (Lipinski definition) is 1. The fourth-order valence-corrected chi connectivity index (χ4v) is 3.47. The predicted octanol–water partition coefficient (Wildman–Crippen LogP) is 0.882. The Hall–Kier alpha value is -2.31. The van der Waals surface area contributed by atoms with Crippen molar-refractivity contribution in [3.05, 3.63) is 23.9 Å². The normalized spacial score (nSPS) is 23.6. The summed E-state index contributed by atoms with van der Waals surface area (Å²) in [6, 6.07) is 3.45. The molecule has 1 aromatic rings. The van der Waals surface area contributed by atoms with Gasteiger partial charge in [-0.1, -0.05) is 0 Å². The minimum absolute atomic E-state index is 0.0188. The summed E-state index contributed by atoms with van der Waals surface area (Å²) in [5.74, 6) is 0.719. The van der Waals surface area contributed by atoms with Gasteiger partial charge >= 0.3 is 6.03 Å². The van der Waals surface area contributed by atoms with Crippen LogP contribution in [0.5, 0.6) is 0 Å². The van der Waals surface area contributed by atoms with Crippen LogP contribution in [0.1, 0.15) is 23.2 Å². The van der Waals surface area contributed by atoms with Crippen molar-refractivity contribution in [3.8, 4) is 0 Å². The first kappa shape index (κ1) is 15.6. The van der Waals surface area contributed by atoms with Gasteiger partial charge in [0.1, 0.15) is 5.82 Å². The number of hydrogen-bond acceptors (Lipinski definition) is 4. The zero-order valence-corrected chi connectivity index (χ0v) is 13.6. The summed E-state index contributed by atoms with van der Waals surface area (Å²) < 4.78 is 0. The molecule has 0 spiro atoms. The van der Waals surface area contributed by atoms with E-state index < -0.39 is 0 Å². The van der Waals surface area contributed by atoms with Gasteiger partial charge in [0.2, 0.25) is 0 Å². The lowest BCUT2D eigenvalue weighted by atomic mass is 9.94. The average molecular weight is 317 g/mol. The summed E-state index contributed by atoms with van der Waals surface area (Å²) in [6.07, 6.45) is 3.53. The number of fused-ring (bicyclic) bond motifs is 4. The molecule has 3 saturated heterocycles. The quantitative estimate of drug-likeness (QED) is 0.833. The summed E-state index contributed by atoms with van der Waals surface area (Å²) >= 11 is 0. The number of amides is 3. The molecule has 0 radical (unpaired) electrons. The average Bonchev–Trinajstić information content (AvgIpc) is 2.85. The van der Waals surface area contributed by atoms with E-state index in [1.54, 1.807) is 31.1 Å². The monoisotopic (exact) mass is 317 g/mol. The summed E-state index contributed by atoms with van der Waals surface area (Å²) in [5, 5.41) is 0. The lowest BCUT2D eigenvalue weighted by molar-refractivity contribution is 0.0585. The van der Waals surface area contributed by atoms with Gasteiger partial charge in [0.15, 0.2) is 0 Å². The minimum Gasteiger partial charge on any atom is -0.384 e. The van der Waals surface area contributed by atoms with Gasteiger partial charge < -0.3 is 20.4 Å². The second-order valence-electron chi connectivity index (χ2n) is 6.61. The molecule has 2 atom stereocenters. The Labute approximate surface area is 136 Å². The van der Waals surface area contributed by atoms with Crippen LogP contribution in [0, 0.1) is 5.92 Å². The number of carbonyl (C=O) groups excluding carboxylic acids is 2. The first-order valence-corrected chi connectivity index (χ1v) is 7.94. The maximum Gasteiger partial charge on any atom is 0.319 e. The molecule has 2 N–H and O–H groups in total. The molecule has 0 aliphatic carbocycles. The van der Waals surface area contributed by atoms with Gasteiger partial charge in [-0.2, -0.15) is 0 Å². The van der Waals surface area contributed by atoms with Crippen molar-refractivity contribution in [1.29, 1.82) is 0 Å². The van der Waals surface area contributed by atoms with Crippen LogP contribution in [0.25, 0.3) is 0 Å². The van der Waals surface area contributed by atoms with Gasteiger partial charge in [0.05, 0.1) is 5.56 Å². The molecule has 4 rings (SSSR count). The van der Waals surface area contributed by atoms with E-state index >= 15 is 0 Å². The number of anilines is 1. The SMILES string of the molecule is CN(C)C(=O)N1C[C@@H]2CC[C@H](C1)N(C(=O)c1ccc(N)nc1)C2. The fourth-order valence-electron chi connectivity index (χ4n) is 3.47. The third-order valence-electron chi connectivity index (χ3n) is 4.66. The van der Waals surface area contributed by atoms with Crippen molar-refractivity contribution >= 4 is 17.8 Å². The van der Waals surface area contributed by atoms with Crippen molar-refractivity contribution in [3.63, 3.8) is 0 Å². The van der Waals surface area contributed by atoms with Crippen LogP contribution in [0.15, 0.2) is 18.3 Å². The van der Waals surface area contributed by atoms with E-state index in [9.17, 15) is 9.59 Å². The van der Waals surface area contributed by atoms with Crippen molar-refractivity contribution in [2.45, 2.75) is 18.9 Å². The van der Waals surface area contributed by atoms with E-state index in [-0.39, 0.29) is 18.0 Å². The van der Waals surface area contributed by atoms with Gasteiger partial charge in [0, 0.05) is 46.0 Å². The van der Waals surface area contributed by atoms with Crippen molar-refractivity contribution < 1.29 is 9.59 Å². The number of nitrogen functional groups attached to an aromatic ring is 1. The molecule has 3 fully saturated rings. The Morgan fingerprint density at radius 1 is 1.22 bits per heavy atom. The largest absolute Gasteiger partial charge is 0.384 e. The summed E-state index contributed by atoms with van der Waals surface area (Å²) in [6.45, 7) is 2.02. The number of carbonyl (C=O) groups is 2. The number of rotatable bonds is 1. The highest BCUT2D eigenvalue weighted by Gasteiger charge is 2.39. The van der Waals surface area contributed by atoms with Crippen LogP contribution in [0.4, 0.5) is 10.6 Å². The highest BCUT2D eigenvalue weighted by Crippen LogP contribution is 2.29. The zero-order valence-electron chi connectivity index (χ0n) is 13.6. The molecule has 7 nitrogen and oxygen atoms in total. The maximum atomic E-state index is 12.8. The van der Waals surface area contributed by atoms with Gasteiger partial charge in [0.25, 0.3) is 5.91 Å². The summed E-state index contributed by atoms with van der Waals surface area (Å²) in [5.41, 5.74) is 6.14. The Kier molecular flexibility index (Phi) is 4.11. The van der Waals surface area contributed by atoms with E-state index in [1.165, 1.54) is 6.20 Å². The standard InChI is InChI=1S/C16H23N5O2/c1-19(2)16(23)20-8-11-3-5-13(10-20)21(9-11)15(22)12-4-6-14(17)18-7-12/h4,6-7,11,13H,3,5,8-10H2,1-2H3,(H2,17,18)/t11-,13+/m0/s1. The Morgan fingerprint density at radius 2 is 2.00 bits per heavy atom. The molecule has 0 saturated carbocycles. The zero-order chi connectivity index (χ0) is 16.6. The van der Waals surface area contributed by atoms with E-state index in [1.807, 2.05) is 9.80 Å². The second-order valence-corrected chi connectivity index (χ2v) is 6.61. The van der Waals surface area contributed by atoms with E-state index in [0.29, 0.717) is 30.4 Å². The number of pyridine rings is 1. The van der Waals surface area contributed by atoms with Gasteiger partial charge in [-0.25, -0.2) is 9.78 Å². The molecule has 3 aliphatic rings. The van der Waals surface area contributed by atoms with Crippen LogP contribution >= 0.6 is 0 Å². The number of piperidine rings is 1. The molecule has 0 aromatic carbocycles. The summed E-state index contributed by atoms with van der Waals surface area (Å²) in [7, 11) is 3.52. The van der Waals surface area contributed by atoms with E-state index in [2.05, 4.69) is 4.98 Å². The third-order valence-corrected chi connectivity index (χ3v) is 4.66. The Morgan fingerprint density at radius 3 is 2.65 bits per heavy atom. The van der Waals surface area contributed by atoms with Crippen LogP contribution in [-0.2, 0) is 0 Å². The van der Waals surface area contributed by atoms with Gasteiger partial charge in [-0.05, 0) is 30.9 Å². The smallest absolute Gasteiger partial charge is 0.319 e. The number of nitrogens with two attached hydrogens (primary N) is 1. The van der Waals surface area contributed by atoms with E-state index in [0.717, 1.165) is 19.4 Å². The van der Waals surface area contributed by atoms with Crippen molar-refractivity contribution in [2.75, 3.05) is 39.5 Å². The van der Waals surface area contributed by atoms with Gasteiger partial charge in [-0.15, -0.1) is 0 Å². The Balaban J connectivity index is 1.79. The molecule has 23 heavy (non-hydrogen) atoms.